The molecule has 0 radical (unpaired) electrons. The zero-order valence-corrected chi connectivity index (χ0v) is 30.7. The molecular formula is C40H39Cl2N3O5S. The average molecular weight is 745 g/mol. The summed E-state index contributed by atoms with van der Waals surface area (Å²) < 4.78 is 35.7. The summed E-state index contributed by atoms with van der Waals surface area (Å²) in [5.41, 5.74) is 2.49. The zero-order chi connectivity index (χ0) is 36.4. The summed E-state index contributed by atoms with van der Waals surface area (Å²) in [7, 11) is -4.28. The first-order chi connectivity index (χ1) is 24.5. The van der Waals surface area contributed by atoms with Crippen LogP contribution in [0.3, 0.4) is 0 Å². The van der Waals surface area contributed by atoms with Gasteiger partial charge in [0.15, 0.2) is 0 Å². The summed E-state index contributed by atoms with van der Waals surface area (Å²) in [6.45, 7) is 3.52. The van der Waals surface area contributed by atoms with E-state index in [1.54, 1.807) is 54.6 Å². The van der Waals surface area contributed by atoms with Gasteiger partial charge >= 0.3 is 0 Å². The Bertz CT molecular complexity index is 2030. The van der Waals surface area contributed by atoms with E-state index in [0.717, 1.165) is 15.4 Å². The SMILES string of the molecule is CCCNC(=O)[C@@H](Cc1ccccc1)N(Cc1ccc(Cl)cc1Cl)C(=O)CN(c1ccc(Oc2ccccc2)cc1)S(=O)(=O)c1ccc(C)cc1. The van der Waals surface area contributed by atoms with Crippen LogP contribution in [0, 0.1) is 6.92 Å². The van der Waals surface area contributed by atoms with Crippen molar-refractivity contribution >= 4 is 50.7 Å². The standard InChI is InChI=1S/C40H39Cl2N3O5S/c1-3-24-43-40(47)38(25-30-10-6-4-7-11-30)44(27-31-16-17-32(41)26-37(31)42)39(46)28-45(51(48,49)36-22-14-29(2)15-23-36)33-18-20-35(21-19-33)50-34-12-8-5-9-13-34/h4-23,26,38H,3,24-25,27-28H2,1-2H3,(H,43,47)/t38-/m1/s1. The second kappa shape index (κ2) is 17.4. The van der Waals surface area contributed by atoms with Crippen molar-refractivity contribution in [1.82, 2.24) is 10.2 Å². The molecule has 0 saturated carbocycles. The molecule has 264 valence electrons. The Labute approximate surface area is 309 Å². The summed E-state index contributed by atoms with van der Waals surface area (Å²) in [4.78, 5) is 30.0. The molecule has 0 aliphatic heterocycles. The number of amides is 2. The van der Waals surface area contributed by atoms with Crippen LogP contribution in [0.1, 0.15) is 30.0 Å². The third kappa shape index (κ3) is 9.91. The second-order valence-electron chi connectivity index (χ2n) is 12.0. The van der Waals surface area contributed by atoms with Gasteiger partial charge in [-0.2, -0.15) is 0 Å². The lowest BCUT2D eigenvalue weighted by atomic mass is 10.0. The molecule has 0 aliphatic rings. The topological polar surface area (TPSA) is 96.0 Å². The number of aryl methyl sites for hydroxylation is 1. The number of carbonyl (C=O) groups is 2. The lowest BCUT2D eigenvalue weighted by molar-refractivity contribution is -0.140. The van der Waals surface area contributed by atoms with Gasteiger partial charge in [-0.15, -0.1) is 0 Å². The van der Waals surface area contributed by atoms with Crippen LogP contribution in [-0.2, 0) is 32.6 Å². The number of rotatable bonds is 15. The highest BCUT2D eigenvalue weighted by atomic mass is 35.5. The highest BCUT2D eigenvalue weighted by Gasteiger charge is 2.35. The van der Waals surface area contributed by atoms with Crippen LogP contribution >= 0.6 is 23.2 Å². The number of anilines is 1. The van der Waals surface area contributed by atoms with Crippen LogP contribution in [0.25, 0.3) is 0 Å². The normalized spacial score (nSPS) is 11.8. The smallest absolute Gasteiger partial charge is 0.264 e. The Balaban J connectivity index is 1.57. The zero-order valence-electron chi connectivity index (χ0n) is 28.3. The summed E-state index contributed by atoms with van der Waals surface area (Å²) in [6.07, 6.45) is 0.872. The molecule has 0 fully saturated rings. The summed E-state index contributed by atoms with van der Waals surface area (Å²) >= 11 is 12.8. The highest BCUT2D eigenvalue weighted by Crippen LogP contribution is 2.30. The van der Waals surface area contributed by atoms with E-state index in [2.05, 4.69) is 5.32 Å². The van der Waals surface area contributed by atoms with Gasteiger partial charge in [-0.05, 0) is 85.1 Å². The van der Waals surface area contributed by atoms with Crippen LogP contribution in [0.15, 0.2) is 132 Å². The van der Waals surface area contributed by atoms with Crippen molar-refractivity contribution < 1.29 is 22.7 Å². The number of halogens is 2. The molecule has 1 N–H and O–H groups in total. The van der Waals surface area contributed by atoms with Crippen LogP contribution in [-0.4, -0.2) is 44.3 Å². The molecule has 8 nitrogen and oxygen atoms in total. The van der Waals surface area contributed by atoms with E-state index in [1.807, 2.05) is 74.5 Å². The van der Waals surface area contributed by atoms with E-state index in [0.29, 0.717) is 40.1 Å². The van der Waals surface area contributed by atoms with Gasteiger partial charge < -0.3 is 15.0 Å². The predicted molar refractivity (Wildman–Crippen MR) is 203 cm³/mol. The lowest BCUT2D eigenvalue weighted by Crippen LogP contribution is -2.53. The summed E-state index contributed by atoms with van der Waals surface area (Å²) in [5.74, 6) is 0.133. The molecule has 0 saturated heterocycles. The van der Waals surface area contributed by atoms with Gasteiger partial charge in [0.1, 0.15) is 24.1 Å². The van der Waals surface area contributed by atoms with E-state index in [4.69, 9.17) is 27.9 Å². The molecule has 2 amide bonds. The van der Waals surface area contributed by atoms with Crippen molar-refractivity contribution in [3.05, 3.63) is 154 Å². The average Bonchev–Trinajstić information content (AvgIpc) is 3.13. The molecule has 0 aliphatic carbocycles. The maximum Gasteiger partial charge on any atom is 0.264 e. The molecule has 11 heteroatoms. The Kier molecular flexibility index (Phi) is 12.8. The molecule has 0 bridgehead atoms. The molecule has 51 heavy (non-hydrogen) atoms. The third-order valence-electron chi connectivity index (χ3n) is 8.17. The fraction of sp³-hybridized carbons (Fsp3) is 0.200. The Morgan fingerprint density at radius 3 is 2.06 bits per heavy atom. The first-order valence-electron chi connectivity index (χ1n) is 16.5. The molecule has 0 spiro atoms. The number of hydrogen-bond acceptors (Lipinski definition) is 5. The maximum atomic E-state index is 14.7. The summed E-state index contributed by atoms with van der Waals surface area (Å²) in [5, 5.41) is 3.66. The number of ether oxygens (including phenoxy) is 1. The second-order valence-corrected chi connectivity index (χ2v) is 14.7. The number of benzene rings is 5. The molecular weight excluding hydrogens is 705 g/mol. The Morgan fingerprint density at radius 1 is 0.804 bits per heavy atom. The van der Waals surface area contributed by atoms with Crippen molar-refractivity contribution in [3.8, 4) is 11.5 Å². The molecule has 0 aromatic heterocycles. The van der Waals surface area contributed by atoms with Crippen LogP contribution in [0.2, 0.25) is 10.0 Å². The predicted octanol–water partition coefficient (Wildman–Crippen LogP) is 8.46. The van der Waals surface area contributed by atoms with E-state index >= 15 is 0 Å². The molecule has 5 aromatic carbocycles. The van der Waals surface area contributed by atoms with Crippen molar-refractivity contribution in [2.24, 2.45) is 0 Å². The van der Waals surface area contributed by atoms with E-state index < -0.39 is 28.5 Å². The molecule has 1 atom stereocenters. The number of carbonyl (C=O) groups excluding carboxylic acids is 2. The quantitative estimate of drug-likeness (QED) is 0.116. The van der Waals surface area contributed by atoms with Gasteiger partial charge in [0.2, 0.25) is 11.8 Å². The highest BCUT2D eigenvalue weighted by molar-refractivity contribution is 7.92. The minimum Gasteiger partial charge on any atom is -0.457 e. The van der Waals surface area contributed by atoms with Crippen LogP contribution < -0.4 is 14.4 Å². The van der Waals surface area contributed by atoms with Gasteiger partial charge in [0, 0.05) is 29.6 Å². The Morgan fingerprint density at radius 2 is 1.43 bits per heavy atom. The van der Waals surface area contributed by atoms with Crippen LogP contribution in [0.5, 0.6) is 11.5 Å². The molecule has 5 aromatic rings. The number of para-hydroxylation sites is 1. The minimum atomic E-state index is -4.28. The number of hydrogen-bond donors (Lipinski definition) is 1. The monoisotopic (exact) mass is 743 g/mol. The van der Waals surface area contributed by atoms with Gasteiger partial charge in [0.05, 0.1) is 10.6 Å². The third-order valence-corrected chi connectivity index (χ3v) is 10.5. The largest absolute Gasteiger partial charge is 0.457 e. The Hall–Kier alpha value is -4.83. The van der Waals surface area contributed by atoms with Crippen molar-refractivity contribution in [1.29, 1.82) is 0 Å². The van der Waals surface area contributed by atoms with Gasteiger partial charge in [-0.25, -0.2) is 8.42 Å². The fourth-order valence-corrected chi connectivity index (χ4v) is 7.31. The van der Waals surface area contributed by atoms with Crippen molar-refractivity contribution in [2.75, 3.05) is 17.4 Å². The van der Waals surface area contributed by atoms with Crippen LogP contribution in [0.4, 0.5) is 5.69 Å². The number of nitrogens with one attached hydrogen (secondary N) is 1. The first-order valence-corrected chi connectivity index (χ1v) is 18.7. The van der Waals surface area contributed by atoms with Crippen molar-refractivity contribution in [2.45, 2.75) is 44.2 Å². The van der Waals surface area contributed by atoms with Crippen molar-refractivity contribution in [3.63, 3.8) is 0 Å². The molecule has 0 heterocycles. The number of nitrogens with zero attached hydrogens (tertiary/aromatic N) is 2. The fourth-order valence-electron chi connectivity index (χ4n) is 5.42. The van der Waals surface area contributed by atoms with E-state index in [1.165, 1.54) is 17.0 Å². The maximum absolute atomic E-state index is 14.7. The van der Waals surface area contributed by atoms with Gasteiger partial charge in [-0.3, -0.25) is 13.9 Å². The minimum absolute atomic E-state index is 0.0133. The lowest BCUT2D eigenvalue weighted by Gasteiger charge is -2.34. The van der Waals surface area contributed by atoms with Gasteiger partial charge in [0.25, 0.3) is 10.0 Å². The van der Waals surface area contributed by atoms with Gasteiger partial charge in [-0.1, -0.05) is 102 Å². The number of sulfonamides is 1. The molecule has 0 unspecified atom stereocenters. The van der Waals surface area contributed by atoms with E-state index in [-0.39, 0.29) is 29.5 Å². The molecule has 5 rings (SSSR count). The van der Waals surface area contributed by atoms with E-state index in [9.17, 15) is 18.0 Å². The first kappa shape index (κ1) is 37.4. The summed E-state index contributed by atoms with van der Waals surface area (Å²) in [6, 6.07) is 35.4.